The van der Waals surface area contributed by atoms with Crippen LogP contribution < -0.4 is 10.0 Å². The predicted molar refractivity (Wildman–Crippen MR) is 137 cm³/mol. The van der Waals surface area contributed by atoms with Crippen LogP contribution in [0.4, 0.5) is 5.69 Å². The summed E-state index contributed by atoms with van der Waals surface area (Å²) < 4.78 is 26.0. The number of nitrogens with zero attached hydrogens (tertiary/aromatic N) is 2. The summed E-state index contributed by atoms with van der Waals surface area (Å²) in [7, 11) is -3.94. The second-order valence-electron chi connectivity index (χ2n) is 8.43. The molecule has 0 radical (unpaired) electrons. The van der Waals surface area contributed by atoms with E-state index in [1.807, 2.05) is 29.0 Å². The predicted octanol–water partition coefficient (Wildman–Crippen LogP) is 3.78. The van der Waals surface area contributed by atoms with Gasteiger partial charge in [0.25, 0.3) is 10.0 Å². The number of pyridine rings is 1. The van der Waals surface area contributed by atoms with Crippen molar-refractivity contribution in [2.24, 2.45) is 0 Å². The van der Waals surface area contributed by atoms with Gasteiger partial charge < -0.3 is 5.32 Å². The van der Waals surface area contributed by atoms with Crippen LogP contribution in [0.25, 0.3) is 0 Å². The van der Waals surface area contributed by atoms with Crippen LogP contribution in [0, 0.1) is 11.3 Å². The molecule has 0 bridgehead atoms. The Bertz CT molecular complexity index is 1430. The van der Waals surface area contributed by atoms with Crippen molar-refractivity contribution in [1.82, 2.24) is 9.71 Å². The van der Waals surface area contributed by atoms with Crippen molar-refractivity contribution in [3.8, 4) is 6.07 Å². The van der Waals surface area contributed by atoms with Gasteiger partial charge >= 0.3 is 0 Å². The Hall–Kier alpha value is -3.68. The largest absolute Gasteiger partial charge is 0.325 e. The molecule has 8 nitrogen and oxygen atoms in total. The van der Waals surface area contributed by atoms with Crippen LogP contribution in [-0.4, -0.2) is 31.0 Å². The van der Waals surface area contributed by atoms with Gasteiger partial charge in [-0.2, -0.15) is 5.26 Å². The molecular weight excluding hydrogens is 496 g/mol. The summed E-state index contributed by atoms with van der Waals surface area (Å²) in [4.78, 5) is 28.2. The highest BCUT2D eigenvalue weighted by Crippen LogP contribution is 2.34. The lowest BCUT2D eigenvalue weighted by atomic mass is 9.82. The summed E-state index contributed by atoms with van der Waals surface area (Å²) in [5.74, 6) is -0.562. The topological polar surface area (TPSA) is 129 Å². The Morgan fingerprint density at radius 3 is 2.53 bits per heavy atom. The number of amides is 2. The van der Waals surface area contributed by atoms with E-state index >= 15 is 0 Å². The summed E-state index contributed by atoms with van der Waals surface area (Å²) in [6, 6.07) is 19.9. The smallest absolute Gasteiger partial charge is 0.264 e. The maximum absolute atomic E-state index is 12.5. The molecule has 1 heterocycles. The average molecular weight is 521 g/mol. The molecule has 0 saturated carbocycles. The third kappa shape index (κ3) is 6.11. The van der Waals surface area contributed by atoms with Gasteiger partial charge in [-0.05, 0) is 66.6 Å². The van der Waals surface area contributed by atoms with Crippen LogP contribution in [-0.2, 0) is 32.5 Å². The number of aromatic nitrogens is 1. The van der Waals surface area contributed by atoms with Crippen molar-refractivity contribution in [2.45, 2.75) is 42.0 Å². The molecule has 1 aliphatic carbocycles. The monoisotopic (exact) mass is 520 g/mol. The first-order valence-electron chi connectivity index (χ1n) is 11.3. The number of carbonyl (C=O) groups is 2. The van der Waals surface area contributed by atoms with Crippen LogP contribution in [0.15, 0.2) is 70.6 Å². The Morgan fingerprint density at radius 2 is 1.86 bits per heavy atom. The second-order valence-corrected chi connectivity index (χ2v) is 11.1. The number of nitrogens with one attached hydrogen (secondary N) is 2. The first-order valence-corrected chi connectivity index (χ1v) is 13.8. The Morgan fingerprint density at radius 1 is 1.14 bits per heavy atom. The van der Waals surface area contributed by atoms with Gasteiger partial charge in [-0.25, -0.2) is 18.1 Å². The molecule has 2 N–H and O–H groups in total. The molecule has 0 saturated heterocycles. The van der Waals surface area contributed by atoms with Crippen molar-refractivity contribution in [3.05, 3.63) is 83.0 Å². The fraction of sp³-hybridized carbons (Fsp3) is 0.231. The molecule has 3 aromatic rings. The zero-order chi connectivity index (χ0) is 25.7. The van der Waals surface area contributed by atoms with Gasteiger partial charge in [0.1, 0.15) is 11.1 Å². The number of hydrogen-bond acceptors (Lipinski definition) is 7. The molecule has 0 fully saturated rings. The number of aryl methyl sites for hydroxylation is 1. The van der Waals surface area contributed by atoms with Gasteiger partial charge in [0.05, 0.1) is 16.2 Å². The third-order valence-electron chi connectivity index (χ3n) is 5.81. The maximum Gasteiger partial charge on any atom is 0.264 e. The zero-order valence-electron chi connectivity index (χ0n) is 19.5. The normalized spacial score (nSPS) is 14.8. The van der Waals surface area contributed by atoms with Gasteiger partial charge in [-0.15, -0.1) is 0 Å². The van der Waals surface area contributed by atoms with Gasteiger partial charge in [0.2, 0.25) is 11.8 Å². The number of thioether (sulfide) groups is 1. The van der Waals surface area contributed by atoms with Crippen molar-refractivity contribution in [3.63, 3.8) is 0 Å². The zero-order valence-corrected chi connectivity index (χ0v) is 21.2. The number of benzene rings is 2. The molecule has 184 valence electrons. The SMILES string of the molecule is CC(=O)NS(=O)(=O)c1ccc(NC(=O)CSc2nc3c(cc2C#N)CC(c2ccccc2)CC3)cc1. The minimum absolute atomic E-state index is 0.0407. The van der Waals surface area contributed by atoms with Gasteiger partial charge in [0, 0.05) is 18.3 Å². The molecule has 0 spiro atoms. The summed E-state index contributed by atoms with van der Waals surface area (Å²) >= 11 is 1.19. The molecule has 2 amide bonds. The van der Waals surface area contributed by atoms with Crippen LogP contribution in [0.1, 0.15) is 41.6 Å². The Labute approximate surface area is 214 Å². The quantitative estimate of drug-likeness (QED) is 0.454. The van der Waals surface area contributed by atoms with Crippen LogP contribution in [0.2, 0.25) is 0 Å². The number of hydrogen-bond donors (Lipinski definition) is 2. The fourth-order valence-electron chi connectivity index (χ4n) is 4.14. The van der Waals surface area contributed by atoms with Gasteiger partial charge in [0.15, 0.2) is 0 Å². The Kier molecular flexibility index (Phi) is 7.72. The molecular formula is C26H24N4O4S2. The number of nitriles is 1. The summed E-state index contributed by atoms with van der Waals surface area (Å²) in [5, 5.41) is 12.9. The van der Waals surface area contributed by atoms with E-state index in [-0.39, 0.29) is 16.6 Å². The van der Waals surface area contributed by atoms with E-state index in [9.17, 15) is 23.3 Å². The first-order chi connectivity index (χ1) is 17.2. The highest BCUT2D eigenvalue weighted by molar-refractivity contribution is 8.00. The van der Waals surface area contributed by atoms with Crippen molar-refractivity contribution >= 4 is 39.3 Å². The van der Waals surface area contributed by atoms with Crippen LogP contribution in [0.3, 0.4) is 0 Å². The van der Waals surface area contributed by atoms with E-state index in [0.29, 0.717) is 22.2 Å². The summed E-state index contributed by atoms with van der Waals surface area (Å²) in [6.07, 6.45) is 2.63. The van der Waals surface area contributed by atoms with Gasteiger partial charge in [-0.3, -0.25) is 9.59 Å². The molecule has 36 heavy (non-hydrogen) atoms. The number of rotatable bonds is 7. The molecule has 0 aliphatic heterocycles. The van der Waals surface area contributed by atoms with Crippen molar-refractivity contribution < 1.29 is 18.0 Å². The Balaban J connectivity index is 1.39. The minimum Gasteiger partial charge on any atom is -0.325 e. The summed E-state index contributed by atoms with van der Waals surface area (Å²) in [5.41, 5.74) is 4.20. The standard InChI is InChI=1S/C26H24N4O4S2/c1-17(31)30-36(33,34)23-10-8-22(9-11-23)28-25(32)16-35-26-21(15-27)14-20-13-19(7-12-24(20)29-26)18-5-3-2-4-6-18/h2-6,8-11,14,19H,7,12-13,16H2,1H3,(H,28,32)(H,30,31). The molecule has 1 unspecified atom stereocenters. The molecule has 10 heteroatoms. The maximum atomic E-state index is 12.5. The number of carbonyl (C=O) groups excluding carboxylic acids is 2. The molecule has 1 atom stereocenters. The second kappa shape index (κ2) is 10.9. The third-order valence-corrected chi connectivity index (χ3v) is 8.25. The van der Waals surface area contributed by atoms with Crippen LogP contribution in [0.5, 0.6) is 0 Å². The van der Waals surface area contributed by atoms with Crippen molar-refractivity contribution in [1.29, 1.82) is 5.26 Å². The van der Waals surface area contributed by atoms with Crippen molar-refractivity contribution in [2.75, 3.05) is 11.1 Å². The lowest BCUT2D eigenvalue weighted by Gasteiger charge is -2.25. The van der Waals surface area contributed by atoms with Crippen LogP contribution >= 0.6 is 11.8 Å². The van der Waals surface area contributed by atoms with Gasteiger partial charge in [-0.1, -0.05) is 42.1 Å². The number of fused-ring (bicyclic) bond motifs is 1. The molecule has 1 aliphatic rings. The van der Waals surface area contributed by atoms with E-state index < -0.39 is 15.9 Å². The molecule has 2 aromatic carbocycles. The lowest BCUT2D eigenvalue weighted by Crippen LogP contribution is -2.28. The van der Waals surface area contributed by atoms with E-state index in [1.165, 1.54) is 41.6 Å². The van der Waals surface area contributed by atoms with E-state index in [4.69, 9.17) is 4.98 Å². The fourth-order valence-corrected chi connectivity index (χ4v) is 5.91. The van der Waals surface area contributed by atoms with E-state index in [1.54, 1.807) is 0 Å². The average Bonchev–Trinajstić information content (AvgIpc) is 2.86. The molecule has 4 rings (SSSR count). The van der Waals surface area contributed by atoms with E-state index in [2.05, 4.69) is 23.5 Å². The van der Waals surface area contributed by atoms with E-state index in [0.717, 1.165) is 37.4 Å². The number of anilines is 1. The number of sulfonamides is 1. The first kappa shape index (κ1) is 25.4. The molecule has 1 aromatic heterocycles. The lowest BCUT2D eigenvalue weighted by molar-refractivity contribution is -0.117. The highest BCUT2D eigenvalue weighted by atomic mass is 32.2. The highest BCUT2D eigenvalue weighted by Gasteiger charge is 2.23. The minimum atomic E-state index is -3.94. The summed E-state index contributed by atoms with van der Waals surface area (Å²) in [6.45, 7) is 1.11.